The summed E-state index contributed by atoms with van der Waals surface area (Å²) < 4.78 is 32.7. The number of anilines is 1. The molecule has 8 nitrogen and oxygen atoms in total. The highest BCUT2D eigenvalue weighted by molar-refractivity contribution is 7.89. The number of hydrogen-bond acceptors (Lipinski definition) is 6. The number of Topliss-reactive ketones (excluding diaryl/α,β-unsaturated/α-hetero) is 1. The van der Waals surface area contributed by atoms with E-state index < -0.39 is 10.0 Å². The van der Waals surface area contributed by atoms with E-state index in [0.717, 1.165) is 28.4 Å². The van der Waals surface area contributed by atoms with Gasteiger partial charge in [0.1, 0.15) is 10.7 Å². The fourth-order valence-electron chi connectivity index (χ4n) is 5.25. The maximum absolute atomic E-state index is 13.4. The number of methoxy groups -OCH3 is 1. The minimum absolute atomic E-state index is 0.0167. The van der Waals surface area contributed by atoms with Crippen LogP contribution in [0.1, 0.15) is 35.2 Å². The molecule has 0 spiro atoms. The van der Waals surface area contributed by atoms with Crippen LogP contribution in [0.25, 0.3) is 10.8 Å². The van der Waals surface area contributed by atoms with Crippen molar-refractivity contribution < 1.29 is 22.7 Å². The molecule has 0 aliphatic carbocycles. The molecule has 1 saturated heterocycles. The zero-order valence-electron chi connectivity index (χ0n) is 20.2. The van der Waals surface area contributed by atoms with Crippen LogP contribution in [0.4, 0.5) is 5.69 Å². The molecule has 0 saturated carbocycles. The monoisotopic (exact) mass is 507 g/mol. The molecule has 3 heterocycles. The first-order valence-electron chi connectivity index (χ1n) is 12.2. The van der Waals surface area contributed by atoms with E-state index in [2.05, 4.69) is 4.98 Å². The van der Waals surface area contributed by atoms with Gasteiger partial charge in [-0.25, -0.2) is 8.42 Å². The second-order valence-electron chi connectivity index (χ2n) is 9.31. The molecule has 1 aromatic heterocycles. The maximum Gasteiger partial charge on any atom is 0.258 e. The number of piperidine rings is 1. The highest BCUT2D eigenvalue weighted by atomic mass is 32.2. The lowest BCUT2D eigenvalue weighted by Gasteiger charge is -2.31. The Morgan fingerprint density at radius 1 is 1.17 bits per heavy atom. The summed E-state index contributed by atoms with van der Waals surface area (Å²) in [5.74, 6) is -0.387. The SMILES string of the molecule is COCCCN1C(=O)c2cccc3c(CC(=O)C4CCCN(S(=O)(=O)c5cccnc5)C4)ccc1c23. The second kappa shape index (κ2) is 10.1. The summed E-state index contributed by atoms with van der Waals surface area (Å²) in [6, 6.07) is 12.6. The van der Waals surface area contributed by atoms with Gasteiger partial charge in [-0.2, -0.15) is 4.31 Å². The van der Waals surface area contributed by atoms with E-state index in [9.17, 15) is 18.0 Å². The topological polar surface area (TPSA) is 96.9 Å². The average Bonchev–Trinajstić information content (AvgIpc) is 3.18. The van der Waals surface area contributed by atoms with Crippen molar-refractivity contribution in [2.24, 2.45) is 5.92 Å². The van der Waals surface area contributed by atoms with Crippen LogP contribution in [0.15, 0.2) is 59.8 Å². The average molecular weight is 508 g/mol. The highest BCUT2D eigenvalue weighted by Crippen LogP contribution is 2.39. The number of nitrogens with zero attached hydrogens (tertiary/aromatic N) is 3. The molecular formula is C27H29N3O5S. The van der Waals surface area contributed by atoms with Crippen molar-refractivity contribution in [1.29, 1.82) is 0 Å². The van der Waals surface area contributed by atoms with Crippen molar-refractivity contribution >= 4 is 38.2 Å². The Bertz CT molecular complexity index is 1410. The summed E-state index contributed by atoms with van der Waals surface area (Å²) in [5, 5.41) is 1.78. The third-order valence-corrected chi connectivity index (χ3v) is 8.93. The quantitative estimate of drug-likeness (QED) is 0.412. The minimum Gasteiger partial charge on any atom is -0.385 e. The molecule has 0 radical (unpaired) electrons. The van der Waals surface area contributed by atoms with Crippen LogP contribution in [0.5, 0.6) is 0 Å². The van der Waals surface area contributed by atoms with Gasteiger partial charge in [-0.3, -0.25) is 14.6 Å². The Morgan fingerprint density at radius 2 is 2.03 bits per heavy atom. The van der Waals surface area contributed by atoms with Crippen LogP contribution >= 0.6 is 0 Å². The van der Waals surface area contributed by atoms with Crippen LogP contribution in [0.3, 0.4) is 0 Å². The molecule has 1 atom stereocenters. The van der Waals surface area contributed by atoms with E-state index in [1.54, 1.807) is 18.1 Å². The standard InChI is InChI=1S/C27H29N3O5S/c1-35-15-5-14-30-24-11-10-19(22-8-2-9-23(26(22)24)27(30)32)16-25(31)20-6-4-13-29(18-20)36(33,34)21-7-3-12-28-17-21/h2-3,7-12,17,20H,4-6,13-16,18H2,1H3. The number of hydrogen-bond donors (Lipinski definition) is 0. The van der Waals surface area contributed by atoms with Gasteiger partial charge >= 0.3 is 0 Å². The molecule has 2 aromatic carbocycles. The van der Waals surface area contributed by atoms with Crippen LogP contribution in [-0.2, 0) is 26.0 Å². The van der Waals surface area contributed by atoms with Crippen molar-refractivity contribution in [3.63, 3.8) is 0 Å². The number of amides is 1. The summed E-state index contributed by atoms with van der Waals surface area (Å²) in [4.78, 5) is 32.3. The number of ketones is 1. The number of carbonyl (C=O) groups excluding carboxylic acids is 2. The Hall–Kier alpha value is -3.14. The van der Waals surface area contributed by atoms with Gasteiger partial charge in [0.25, 0.3) is 5.91 Å². The number of sulfonamides is 1. The predicted octanol–water partition coefficient (Wildman–Crippen LogP) is 3.44. The zero-order chi connectivity index (χ0) is 25.3. The number of pyridine rings is 1. The van der Waals surface area contributed by atoms with Gasteiger partial charge in [0.05, 0.1) is 5.69 Å². The number of rotatable bonds is 9. The first-order valence-corrected chi connectivity index (χ1v) is 13.6. The first-order chi connectivity index (χ1) is 17.4. The molecule has 1 amide bonds. The van der Waals surface area contributed by atoms with E-state index in [1.807, 2.05) is 30.3 Å². The van der Waals surface area contributed by atoms with E-state index in [1.165, 1.54) is 22.8 Å². The minimum atomic E-state index is -3.69. The lowest BCUT2D eigenvalue weighted by molar-refractivity contribution is -0.123. The van der Waals surface area contributed by atoms with Crippen molar-refractivity contribution in [3.8, 4) is 0 Å². The van der Waals surface area contributed by atoms with Gasteiger partial charge in [0.2, 0.25) is 10.0 Å². The molecule has 2 aliphatic rings. The molecule has 3 aromatic rings. The highest BCUT2D eigenvalue weighted by Gasteiger charge is 2.34. The van der Waals surface area contributed by atoms with Gasteiger partial charge in [0, 0.05) is 69.0 Å². The molecule has 0 N–H and O–H groups in total. The van der Waals surface area contributed by atoms with Gasteiger partial charge in [-0.15, -0.1) is 0 Å². The van der Waals surface area contributed by atoms with Crippen LogP contribution in [0.2, 0.25) is 0 Å². The first kappa shape index (κ1) is 24.5. The molecule has 36 heavy (non-hydrogen) atoms. The lowest BCUT2D eigenvalue weighted by atomic mass is 9.89. The van der Waals surface area contributed by atoms with E-state index in [4.69, 9.17) is 4.74 Å². The molecule has 2 aliphatic heterocycles. The van der Waals surface area contributed by atoms with E-state index in [0.29, 0.717) is 38.1 Å². The molecule has 188 valence electrons. The number of ether oxygens (including phenoxy) is 1. The molecule has 5 rings (SSSR count). The maximum atomic E-state index is 13.4. The number of carbonyl (C=O) groups is 2. The van der Waals surface area contributed by atoms with E-state index in [-0.39, 0.29) is 35.5 Å². The van der Waals surface area contributed by atoms with Gasteiger partial charge in [-0.05, 0) is 54.5 Å². The fraction of sp³-hybridized carbons (Fsp3) is 0.370. The summed E-state index contributed by atoms with van der Waals surface area (Å²) >= 11 is 0. The zero-order valence-corrected chi connectivity index (χ0v) is 21.0. The fourth-order valence-corrected chi connectivity index (χ4v) is 6.74. The third kappa shape index (κ3) is 4.42. The smallest absolute Gasteiger partial charge is 0.258 e. The Labute approximate surface area is 210 Å². The van der Waals surface area contributed by atoms with Gasteiger partial charge in [0.15, 0.2) is 0 Å². The lowest BCUT2D eigenvalue weighted by Crippen LogP contribution is -2.42. The van der Waals surface area contributed by atoms with Gasteiger partial charge < -0.3 is 9.64 Å². The molecule has 1 fully saturated rings. The van der Waals surface area contributed by atoms with Crippen LogP contribution < -0.4 is 4.90 Å². The van der Waals surface area contributed by atoms with E-state index >= 15 is 0 Å². The normalized spacial score (nSPS) is 18.2. The largest absolute Gasteiger partial charge is 0.385 e. The summed E-state index contributed by atoms with van der Waals surface area (Å²) in [6.45, 7) is 1.70. The molecule has 1 unspecified atom stereocenters. The summed E-state index contributed by atoms with van der Waals surface area (Å²) in [7, 11) is -2.05. The summed E-state index contributed by atoms with van der Waals surface area (Å²) in [5.41, 5.74) is 2.38. The molecular weight excluding hydrogens is 478 g/mol. The summed E-state index contributed by atoms with van der Waals surface area (Å²) in [6.07, 6.45) is 5.09. The Kier molecular flexibility index (Phi) is 6.87. The van der Waals surface area contributed by atoms with Crippen molar-refractivity contribution in [2.75, 3.05) is 38.3 Å². The number of aromatic nitrogens is 1. The van der Waals surface area contributed by atoms with Crippen molar-refractivity contribution in [1.82, 2.24) is 9.29 Å². The van der Waals surface area contributed by atoms with Crippen molar-refractivity contribution in [3.05, 3.63) is 66.0 Å². The Balaban J connectivity index is 1.37. The molecule has 0 bridgehead atoms. The predicted molar refractivity (Wildman–Crippen MR) is 137 cm³/mol. The van der Waals surface area contributed by atoms with Crippen molar-refractivity contribution in [2.45, 2.75) is 30.6 Å². The van der Waals surface area contributed by atoms with Crippen LogP contribution in [0, 0.1) is 5.92 Å². The molecule has 9 heteroatoms. The van der Waals surface area contributed by atoms with Crippen LogP contribution in [-0.4, -0.2) is 62.7 Å². The second-order valence-corrected chi connectivity index (χ2v) is 11.2. The Morgan fingerprint density at radius 3 is 2.81 bits per heavy atom. The number of benzene rings is 2. The van der Waals surface area contributed by atoms with Gasteiger partial charge in [-0.1, -0.05) is 18.2 Å². The third-order valence-electron chi connectivity index (χ3n) is 7.08.